The third-order valence-corrected chi connectivity index (χ3v) is 3.34. The minimum Gasteiger partial charge on any atom is -0.378 e. The number of carbonyl (C=O) groups excluding carboxylic acids is 2. The van der Waals surface area contributed by atoms with Crippen LogP contribution in [0.5, 0.6) is 0 Å². The lowest BCUT2D eigenvalue weighted by molar-refractivity contribution is -0.139. The van der Waals surface area contributed by atoms with Crippen LogP contribution in [0, 0.1) is 5.92 Å². The second-order valence-electron chi connectivity index (χ2n) is 5.11. The van der Waals surface area contributed by atoms with Crippen LogP contribution in [-0.2, 0) is 14.3 Å². The molecule has 1 rings (SSSR count). The van der Waals surface area contributed by atoms with E-state index in [9.17, 15) is 9.59 Å². The lowest BCUT2D eigenvalue weighted by Crippen LogP contribution is -2.50. The molecule has 1 heterocycles. The van der Waals surface area contributed by atoms with Gasteiger partial charge in [0.15, 0.2) is 0 Å². The van der Waals surface area contributed by atoms with Gasteiger partial charge in [0.05, 0.1) is 13.2 Å². The number of morpholine rings is 1. The largest absolute Gasteiger partial charge is 0.378 e. The van der Waals surface area contributed by atoms with E-state index in [1.165, 1.54) is 0 Å². The van der Waals surface area contributed by atoms with Crippen LogP contribution in [0.4, 0.5) is 0 Å². The van der Waals surface area contributed by atoms with E-state index in [4.69, 9.17) is 10.5 Å². The molecule has 110 valence electrons. The van der Waals surface area contributed by atoms with Crippen molar-refractivity contribution < 1.29 is 14.3 Å². The molecule has 3 N–H and O–H groups in total. The van der Waals surface area contributed by atoms with Crippen LogP contribution in [0.25, 0.3) is 0 Å². The predicted octanol–water partition coefficient (Wildman–Crippen LogP) is -0.275. The first-order valence-corrected chi connectivity index (χ1v) is 6.90. The quantitative estimate of drug-likeness (QED) is 0.696. The van der Waals surface area contributed by atoms with Gasteiger partial charge in [0.25, 0.3) is 0 Å². The third-order valence-electron chi connectivity index (χ3n) is 3.34. The fourth-order valence-corrected chi connectivity index (χ4v) is 1.93. The van der Waals surface area contributed by atoms with Gasteiger partial charge >= 0.3 is 0 Å². The summed E-state index contributed by atoms with van der Waals surface area (Å²) in [4.78, 5) is 25.5. The van der Waals surface area contributed by atoms with Gasteiger partial charge in [0, 0.05) is 19.5 Å². The van der Waals surface area contributed by atoms with Crippen molar-refractivity contribution in [2.24, 2.45) is 11.7 Å². The van der Waals surface area contributed by atoms with Gasteiger partial charge in [-0.3, -0.25) is 9.59 Å². The van der Waals surface area contributed by atoms with E-state index >= 15 is 0 Å². The molecule has 0 aromatic heterocycles. The molecule has 0 aromatic carbocycles. The number of hydrogen-bond acceptors (Lipinski definition) is 4. The van der Waals surface area contributed by atoms with Gasteiger partial charge in [0.1, 0.15) is 6.04 Å². The minimum absolute atomic E-state index is 0.0384. The zero-order valence-electron chi connectivity index (χ0n) is 11.9. The number of rotatable bonds is 6. The molecule has 2 unspecified atom stereocenters. The summed E-state index contributed by atoms with van der Waals surface area (Å²) >= 11 is 0. The van der Waals surface area contributed by atoms with Crippen LogP contribution in [0.2, 0.25) is 0 Å². The fourth-order valence-electron chi connectivity index (χ4n) is 1.93. The van der Waals surface area contributed by atoms with Crippen molar-refractivity contribution >= 4 is 11.8 Å². The lowest BCUT2D eigenvalue weighted by atomic mass is 10.1. The topological polar surface area (TPSA) is 84.7 Å². The average Bonchev–Trinajstić information content (AvgIpc) is 2.44. The molecule has 0 radical (unpaired) electrons. The molecule has 0 aliphatic carbocycles. The molecule has 1 saturated heterocycles. The smallest absolute Gasteiger partial charge is 0.245 e. The molecule has 1 fully saturated rings. The van der Waals surface area contributed by atoms with E-state index in [1.54, 1.807) is 11.8 Å². The van der Waals surface area contributed by atoms with Gasteiger partial charge in [-0.1, -0.05) is 6.92 Å². The SMILES string of the molecule is CC(CN)CCC(=O)NC(C)C(=O)N1CCOCC1. The molecule has 1 aliphatic heterocycles. The molecule has 1 aliphatic rings. The van der Waals surface area contributed by atoms with Gasteiger partial charge in [-0.25, -0.2) is 0 Å². The summed E-state index contributed by atoms with van der Waals surface area (Å²) in [5.74, 6) is 0.203. The van der Waals surface area contributed by atoms with Crippen LogP contribution >= 0.6 is 0 Å². The van der Waals surface area contributed by atoms with Gasteiger partial charge < -0.3 is 20.7 Å². The Kier molecular flexibility index (Phi) is 6.80. The van der Waals surface area contributed by atoms with Gasteiger partial charge in [-0.15, -0.1) is 0 Å². The van der Waals surface area contributed by atoms with Crippen molar-refractivity contribution in [3.8, 4) is 0 Å². The maximum absolute atomic E-state index is 12.1. The third kappa shape index (κ3) is 5.57. The highest BCUT2D eigenvalue weighted by Gasteiger charge is 2.23. The van der Waals surface area contributed by atoms with Crippen molar-refractivity contribution in [1.29, 1.82) is 0 Å². The Morgan fingerprint density at radius 1 is 1.32 bits per heavy atom. The van der Waals surface area contributed by atoms with Crippen LogP contribution in [0.1, 0.15) is 26.7 Å². The van der Waals surface area contributed by atoms with E-state index in [-0.39, 0.29) is 11.8 Å². The first kappa shape index (κ1) is 15.9. The Bertz CT molecular complexity index is 304. The highest BCUT2D eigenvalue weighted by atomic mass is 16.5. The minimum atomic E-state index is -0.473. The van der Waals surface area contributed by atoms with Crippen molar-refractivity contribution in [3.05, 3.63) is 0 Å². The number of amides is 2. The first-order chi connectivity index (χ1) is 9.04. The van der Waals surface area contributed by atoms with Crippen LogP contribution in [-0.4, -0.2) is 55.6 Å². The number of carbonyl (C=O) groups is 2. The average molecular weight is 271 g/mol. The first-order valence-electron chi connectivity index (χ1n) is 6.90. The Hall–Kier alpha value is -1.14. The van der Waals surface area contributed by atoms with E-state index in [1.807, 2.05) is 6.92 Å². The van der Waals surface area contributed by atoms with Crippen LogP contribution < -0.4 is 11.1 Å². The number of ether oxygens (including phenoxy) is 1. The summed E-state index contributed by atoms with van der Waals surface area (Å²) in [7, 11) is 0. The van der Waals surface area contributed by atoms with Crippen molar-refractivity contribution in [2.75, 3.05) is 32.8 Å². The maximum Gasteiger partial charge on any atom is 0.245 e. The second kappa shape index (κ2) is 8.12. The molecule has 0 aromatic rings. The molecule has 0 spiro atoms. The molecule has 2 atom stereocenters. The normalized spacial score (nSPS) is 18.8. The standard InChI is InChI=1S/C13H25N3O3/c1-10(9-14)3-4-12(17)15-11(2)13(18)16-5-7-19-8-6-16/h10-11H,3-9,14H2,1-2H3,(H,15,17). The molecule has 6 nitrogen and oxygen atoms in total. The zero-order valence-corrected chi connectivity index (χ0v) is 11.9. The highest BCUT2D eigenvalue weighted by molar-refractivity contribution is 5.87. The summed E-state index contributed by atoms with van der Waals surface area (Å²) in [6.45, 7) is 6.65. The molecule has 0 saturated carbocycles. The van der Waals surface area contributed by atoms with E-state index in [0.29, 0.717) is 45.2 Å². The zero-order chi connectivity index (χ0) is 14.3. The Labute approximate surface area is 114 Å². The summed E-state index contributed by atoms with van der Waals surface area (Å²) in [6.07, 6.45) is 1.17. The number of hydrogen-bond donors (Lipinski definition) is 2. The second-order valence-corrected chi connectivity index (χ2v) is 5.11. The fraction of sp³-hybridized carbons (Fsp3) is 0.846. The summed E-state index contributed by atoms with van der Waals surface area (Å²) in [5, 5.41) is 2.74. The monoisotopic (exact) mass is 271 g/mol. The molecule has 6 heteroatoms. The van der Waals surface area contributed by atoms with Gasteiger partial charge in [-0.2, -0.15) is 0 Å². The van der Waals surface area contributed by atoms with Crippen LogP contribution in [0.15, 0.2) is 0 Å². The highest BCUT2D eigenvalue weighted by Crippen LogP contribution is 2.04. The number of nitrogens with two attached hydrogens (primary N) is 1. The van der Waals surface area contributed by atoms with Gasteiger partial charge in [0.2, 0.25) is 11.8 Å². The summed E-state index contributed by atoms with van der Waals surface area (Å²) < 4.78 is 5.19. The van der Waals surface area contributed by atoms with E-state index in [2.05, 4.69) is 5.32 Å². The van der Waals surface area contributed by atoms with Crippen LogP contribution in [0.3, 0.4) is 0 Å². The molecule has 2 amide bonds. The van der Waals surface area contributed by atoms with Crippen molar-refractivity contribution in [2.45, 2.75) is 32.7 Å². The van der Waals surface area contributed by atoms with Gasteiger partial charge in [-0.05, 0) is 25.8 Å². The predicted molar refractivity (Wildman–Crippen MR) is 72.5 cm³/mol. The van der Waals surface area contributed by atoms with Crippen molar-refractivity contribution in [1.82, 2.24) is 10.2 Å². The molecule has 19 heavy (non-hydrogen) atoms. The Morgan fingerprint density at radius 2 is 1.95 bits per heavy atom. The lowest BCUT2D eigenvalue weighted by Gasteiger charge is -2.29. The number of nitrogens with one attached hydrogen (secondary N) is 1. The Morgan fingerprint density at radius 3 is 2.53 bits per heavy atom. The molecular formula is C13H25N3O3. The van der Waals surface area contributed by atoms with Crippen molar-refractivity contribution in [3.63, 3.8) is 0 Å². The maximum atomic E-state index is 12.1. The molecule has 0 bridgehead atoms. The number of nitrogens with zero attached hydrogens (tertiary/aromatic N) is 1. The van der Waals surface area contributed by atoms with E-state index in [0.717, 1.165) is 6.42 Å². The summed E-state index contributed by atoms with van der Waals surface area (Å²) in [5.41, 5.74) is 5.50. The van der Waals surface area contributed by atoms with E-state index < -0.39 is 6.04 Å². The summed E-state index contributed by atoms with van der Waals surface area (Å²) in [6, 6.07) is -0.473. The Balaban J connectivity index is 2.30. The molecular weight excluding hydrogens is 246 g/mol.